The fraction of sp³-hybridized carbons (Fsp3) is 0.548. The van der Waals surface area contributed by atoms with Crippen LogP contribution in [0, 0.1) is 5.82 Å². The number of halogens is 2. The van der Waals surface area contributed by atoms with Gasteiger partial charge in [-0.15, -0.1) is 0 Å². The first-order chi connectivity index (χ1) is 26.5. The van der Waals surface area contributed by atoms with Crippen LogP contribution in [0.3, 0.4) is 0 Å². The summed E-state index contributed by atoms with van der Waals surface area (Å²) in [6.07, 6.45) is 3.20. The number of carbonyl (C=O) groups excluding carboxylic acids is 1. The fourth-order valence-electron chi connectivity index (χ4n) is 9.89. The van der Waals surface area contributed by atoms with Crippen LogP contribution in [0.25, 0.3) is 32.8 Å². The number of hydrogen-bond acceptors (Lipinski definition) is 10. The van der Waals surface area contributed by atoms with Gasteiger partial charge >= 0.3 is 12.1 Å². The number of piperazine rings is 1. The van der Waals surface area contributed by atoms with Crippen LogP contribution in [0.4, 0.5) is 19.4 Å². The number of methoxy groups -OCH3 is 1. The summed E-state index contributed by atoms with van der Waals surface area (Å²) < 4.78 is 62.6. The first-order valence-electron chi connectivity index (χ1n) is 19.6. The number of nitrogens with zero attached hydrogens (tertiary/aromatic N) is 5. The molecule has 1 amide bonds. The summed E-state index contributed by atoms with van der Waals surface area (Å²) >= 11 is 0. The summed E-state index contributed by atoms with van der Waals surface area (Å²) in [5.74, 6) is 0.959. The zero-order chi connectivity index (χ0) is 38.2. The SMILES string of the molecule is CCc1cccc2cc(OCOC)cc(-c3cc4c5c(nc(OCC67CCCN6CC(F)C7)nc5c3F)N3CC5CCC(C3CO4)N5C(=O)OC(C)(C)C)c12. The summed E-state index contributed by atoms with van der Waals surface area (Å²) in [5.41, 5.74) is 0.992. The molecule has 0 radical (unpaired) electrons. The molecule has 0 aliphatic carbocycles. The number of alkyl halides is 1. The lowest BCUT2D eigenvalue weighted by molar-refractivity contribution is 0.00544. The normalized spacial score (nSPS) is 25.9. The Hall–Kier alpha value is -4.49. The van der Waals surface area contributed by atoms with E-state index in [1.54, 1.807) is 13.2 Å². The summed E-state index contributed by atoms with van der Waals surface area (Å²) in [6, 6.07) is 11.0. The van der Waals surface area contributed by atoms with Crippen LogP contribution in [0.15, 0.2) is 36.4 Å². The highest BCUT2D eigenvalue weighted by atomic mass is 19.1. The molecule has 292 valence electrons. The molecule has 11 nitrogen and oxygen atoms in total. The topological polar surface area (TPSA) is 98.7 Å². The van der Waals surface area contributed by atoms with Crippen LogP contribution < -0.4 is 19.1 Å². The number of hydrogen-bond donors (Lipinski definition) is 0. The molecule has 4 saturated heterocycles. The summed E-state index contributed by atoms with van der Waals surface area (Å²) in [5, 5.41) is 2.27. The first kappa shape index (κ1) is 36.2. The van der Waals surface area contributed by atoms with Crippen LogP contribution in [-0.4, -0.2) is 108 Å². The number of ether oxygens (including phenoxy) is 5. The van der Waals surface area contributed by atoms with Crippen LogP contribution >= 0.6 is 0 Å². The standard InChI is InChI=1S/C42H49F2N5O6/c1-6-24-9-7-10-25-15-28(54-23-51-5)16-29(34(24)25)30-17-33-35-37(36(30)44)45-39(53-22-42-13-8-14-47(42)19-26(43)18-42)46-38(35)48-20-27-11-12-31(32(48)21-52-33)49(27)40(50)55-41(2,3)4/h7,9-10,15-17,26-27,31-32H,6,8,11-14,18-23H2,1-5H3. The molecule has 9 rings (SSSR count). The molecule has 4 aromatic rings. The Balaban J connectivity index is 1.20. The highest BCUT2D eigenvalue weighted by molar-refractivity contribution is 6.05. The second-order valence-electron chi connectivity index (χ2n) is 16.8. The first-order valence-corrected chi connectivity index (χ1v) is 19.6. The molecule has 3 aromatic carbocycles. The van der Waals surface area contributed by atoms with E-state index in [1.165, 1.54) is 0 Å². The third kappa shape index (κ3) is 6.18. The summed E-state index contributed by atoms with van der Waals surface area (Å²) in [4.78, 5) is 29.7. The monoisotopic (exact) mass is 757 g/mol. The number of rotatable bonds is 8. The van der Waals surface area contributed by atoms with Gasteiger partial charge < -0.3 is 28.6 Å². The summed E-state index contributed by atoms with van der Waals surface area (Å²) in [6.45, 7) is 9.83. The Morgan fingerprint density at radius 2 is 1.91 bits per heavy atom. The van der Waals surface area contributed by atoms with Gasteiger partial charge in [-0.1, -0.05) is 25.1 Å². The number of carbonyl (C=O) groups is 1. The van der Waals surface area contributed by atoms with E-state index in [0.29, 0.717) is 53.3 Å². The van der Waals surface area contributed by atoms with Crippen molar-refractivity contribution < 1.29 is 37.3 Å². The van der Waals surface area contributed by atoms with E-state index >= 15 is 4.39 Å². The molecule has 0 spiro atoms. The van der Waals surface area contributed by atoms with Gasteiger partial charge in [0, 0.05) is 32.2 Å². The Bertz CT molecular complexity index is 2160. The minimum absolute atomic E-state index is 0.0338. The number of aromatic nitrogens is 2. The van der Waals surface area contributed by atoms with Crippen molar-refractivity contribution in [3.05, 3.63) is 47.8 Å². The van der Waals surface area contributed by atoms with Gasteiger partial charge in [0.25, 0.3) is 0 Å². The van der Waals surface area contributed by atoms with Gasteiger partial charge in [-0.2, -0.15) is 9.97 Å². The van der Waals surface area contributed by atoms with Gasteiger partial charge in [-0.25, -0.2) is 13.6 Å². The predicted octanol–water partition coefficient (Wildman–Crippen LogP) is 7.44. The maximum Gasteiger partial charge on any atom is 0.410 e. The van der Waals surface area contributed by atoms with Crippen molar-refractivity contribution in [2.24, 2.45) is 0 Å². The van der Waals surface area contributed by atoms with Crippen molar-refractivity contribution in [3.63, 3.8) is 0 Å². The highest BCUT2D eigenvalue weighted by Gasteiger charge is 2.52. The zero-order valence-electron chi connectivity index (χ0n) is 32.2. The largest absolute Gasteiger partial charge is 0.490 e. The van der Waals surface area contributed by atoms with Crippen molar-refractivity contribution in [3.8, 4) is 28.6 Å². The van der Waals surface area contributed by atoms with Crippen LogP contribution in [0.2, 0.25) is 0 Å². The number of amides is 1. The van der Waals surface area contributed by atoms with E-state index in [4.69, 9.17) is 33.7 Å². The average molecular weight is 758 g/mol. The zero-order valence-corrected chi connectivity index (χ0v) is 32.2. The molecule has 4 fully saturated rings. The van der Waals surface area contributed by atoms with E-state index in [1.807, 2.05) is 49.9 Å². The second-order valence-corrected chi connectivity index (χ2v) is 16.8. The van der Waals surface area contributed by atoms with Crippen molar-refractivity contribution in [1.82, 2.24) is 19.8 Å². The molecule has 2 bridgehead atoms. The van der Waals surface area contributed by atoms with E-state index in [-0.39, 0.29) is 55.8 Å². The number of anilines is 1. The molecule has 5 atom stereocenters. The van der Waals surface area contributed by atoms with Gasteiger partial charge in [0.15, 0.2) is 12.6 Å². The summed E-state index contributed by atoms with van der Waals surface area (Å²) in [7, 11) is 1.56. The Morgan fingerprint density at radius 1 is 1.05 bits per heavy atom. The van der Waals surface area contributed by atoms with Gasteiger partial charge in [-0.3, -0.25) is 9.80 Å². The van der Waals surface area contributed by atoms with Crippen LogP contribution in [0.1, 0.15) is 65.4 Å². The van der Waals surface area contributed by atoms with E-state index in [2.05, 4.69) is 22.8 Å². The fourth-order valence-corrected chi connectivity index (χ4v) is 9.89. The lowest BCUT2D eigenvalue weighted by atomic mass is 9.92. The Labute approximate surface area is 319 Å². The Morgan fingerprint density at radius 3 is 2.71 bits per heavy atom. The highest BCUT2D eigenvalue weighted by Crippen LogP contribution is 2.48. The number of fused-ring (bicyclic) bond motifs is 7. The molecular weight excluding hydrogens is 708 g/mol. The smallest absolute Gasteiger partial charge is 0.410 e. The van der Waals surface area contributed by atoms with E-state index in [9.17, 15) is 9.18 Å². The third-order valence-electron chi connectivity index (χ3n) is 12.2. The van der Waals surface area contributed by atoms with Gasteiger partial charge in [0.05, 0.1) is 29.1 Å². The molecule has 0 N–H and O–H groups in total. The third-order valence-corrected chi connectivity index (χ3v) is 12.2. The Kier molecular flexibility index (Phi) is 8.95. The predicted molar refractivity (Wildman–Crippen MR) is 204 cm³/mol. The average Bonchev–Trinajstić information content (AvgIpc) is 3.76. The number of aryl methyl sites for hydroxylation is 1. The maximum absolute atomic E-state index is 17.6. The quantitative estimate of drug-likeness (QED) is 0.169. The lowest BCUT2D eigenvalue weighted by Crippen LogP contribution is -2.63. The van der Waals surface area contributed by atoms with Gasteiger partial charge in [0.1, 0.15) is 47.8 Å². The molecule has 5 aliphatic heterocycles. The maximum atomic E-state index is 17.6. The second kappa shape index (κ2) is 13.6. The lowest BCUT2D eigenvalue weighted by Gasteiger charge is -2.46. The minimum atomic E-state index is -0.922. The van der Waals surface area contributed by atoms with E-state index in [0.717, 1.165) is 55.0 Å². The molecule has 0 saturated carbocycles. The minimum Gasteiger partial charge on any atom is -0.490 e. The molecular formula is C42H49F2N5O6. The van der Waals surface area contributed by atoms with Gasteiger partial charge in [0.2, 0.25) is 0 Å². The van der Waals surface area contributed by atoms with Gasteiger partial charge in [-0.05, 0) is 99.5 Å². The van der Waals surface area contributed by atoms with Crippen molar-refractivity contribution in [2.75, 3.05) is 51.7 Å². The van der Waals surface area contributed by atoms with Crippen LogP contribution in [0.5, 0.6) is 17.5 Å². The van der Waals surface area contributed by atoms with Crippen molar-refractivity contribution >= 4 is 33.6 Å². The molecule has 13 heteroatoms. The van der Waals surface area contributed by atoms with E-state index < -0.39 is 23.1 Å². The number of benzene rings is 3. The molecule has 5 aliphatic rings. The molecule has 1 aromatic heterocycles. The molecule has 55 heavy (non-hydrogen) atoms. The van der Waals surface area contributed by atoms with Crippen molar-refractivity contribution in [1.29, 1.82) is 0 Å². The van der Waals surface area contributed by atoms with Crippen molar-refractivity contribution in [2.45, 2.75) is 102 Å². The van der Waals surface area contributed by atoms with Crippen LogP contribution in [-0.2, 0) is 15.9 Å². The molecule has 5 unspecified atom stereocenters. The molecule has 6 heterocycles.